The van der Waals surface area contributed by atoms with Crippen molar-refractivity contribution in [1.82, 2.24) is 0 Å². The van der Waals surface area contributed by atoms with Gasteiger partial charge < -0.3 is 10.5 Å². The van der Waals surface area contributed by atoms with E-state index in [9.17, 15) is 9.18 Å². The number of halogens is 1. The molecule has 0 bridgehead atoms. The third-order valence-corrected chi connectivity index (χ3v) is 3.23. The standard InChI is InChI=1S/C16H24FNO2/c1-2-3-4-5-6-7-12-20-16(19)15(18)13-8-10-14(17)11-9-13/h8-11,15H,2-7,12,18H2,1H3/t15-/m0/s1. The highest BCUT2D eigenvalue weighted by molar-refractivity contribution is 5.77. The Morgan fingerprint density at radius 1 is 1.15 bits per heavy atom. The molecule has 0 amide bonds. The number of nitrogens with two attached hydrogens (primary N) is 1. The summed E-state index contributed by atoms with van der Waals surface area (Å²) in [5.74, 6) is -0.799. The molecule has 1 rings (SSSR count). The smallest absolute Gasteiger partial charge is 0.327 e. The van der Waals surface area contributed by atoms with Crippen molar-refractivity contribution in [2.45, 2.75) is 51.5 Å². The number of carbonyl (C=O) groups excluding carboxylic acids is 1. The van der Waals surface area contributed by atoms with E-state index in [1.807, 2.05) is 0 Å². The lowest BCUT2D eigenvalue weighted by Crippen LogP contribution is -2.24. The van der Waals surface area contributed by atoms with Crippen LogP contribution in [0.15, 0.2) is 24.3 Å². The van der Waals surface area contributed by atoms with E-state index in [4.69, 9.17) is 10.5 Å². The van der Waals surface area contributed by atoms with Gasteiger partial charge in [0.1, 0.15) is 11.9 Å². The predicted octanol–water partition coefficient (Wildman–Crippen LogP) is 3.73. The molecule has 0 aliphatic carbocycles. The molecule has 2 N–H and O–H groups in total. The Balaban J connectivity index is 2.20. The topological polar surface area (TPSA) is 52.3 Å². The van der Waals surface area contributed by atoms with Gasteiger partial charge in [0, 0.05) is 0 Å². The van der Waals surface area contributed by atoms with E-state index in [0.717, 1.165) is 12.8 Å². The van der Waals surface area contributed by atoms with Gasteiger partial charge in [-0.05, 0) is 24.1 Å². The second kappa shape index (κ2) is 9.48. The minimum Gasteiger partial charge on any atom is -0.464 e. The highest BCUT2D eigenvalue weighted by Crippen LogP contribution is 2.13. The normalized spacial score (nSPS) is 12.2. The average Bonchev–Trinajstić information content (AvgIpc) is 2.46. The van der Waals surface area contributed by atoms with Gasteiger partial charge in [-0.1, -0.05) is 51.2 Å². The molecule has 1 aromatic rings. The summed E-state index contributed by atoms with van der Waals surface area (Å²) in [7, 11) is 0. The zero-order chi connectivity index (χ0) is 14.8. The van der Waals surface area contributed by atoms with Crippen molar-refractivity contribution in [1.29, 1.82) is 0 Å². The molecule has 0 aliphatic rings. The van der Waals surface area contributed by atoms with Crippen molar-refractivity contribution in [3.63, 3.8) is 0 Å². The Morgan fingerprint density at radius 3 is 2.40 bits per heavy atom. The maximum absolute atomic E-state index is 12.8. The number of carbonyl (C=O) groups is 1. The SMILES string of the molecule is CCCCCCCCOC(=O)[C@@H](N)c1ccc(F)cc1. The fourth-order valence-electron chi connectivity index (χ4n) is 1.95. The first-order chi connectivity index (χ1) is 9.65. The molecule has 20 heavy (non-hydrogen) atoms. The van der Waals surface area contributed by atoms with Crippen LogP contribution < -0.4 is 5.73 Å². The van der Waals surface area contributed by atoms with Gasteiger partial charge in [0.15, 0.2) is 0 Å². The van der Waals surface area contributed by atoms with Crippen LogP contribution in [-0.4, -0.2) is 12.6 Å². The van der Waals surface area contributed by atoms with Gasteiger partial charge in [0.25, 0.3) is 0 Å². The lowest BCUT2D eigenvalue weighted by atomic mass is 10.1. The number of hydrogen-bond acceptors (Lipinski definition) is 3. The fourth-order valence-corrected chi connectivity index (χ4v) is 1.95. The summed E-state index contributed by atoms with van der Waals surface area (Å²) in [6, 6.07) is 4.75. The fraction of sp³-hybridized carbons (Fsp3) is 0.562. The molecule has 0 saturated heterocycles. The Morgan fingerprint density at radius 2 is 1.75 bits per heavy atom. The van der Waals surface area contributed by atoms with Gasteiger partial charge in [0.05, 0.1) is 6.61 Å². The first-order valence-corrected chi connectivity index (χ1v) is 7.33. The third kappa shape index (κ3) is 6.15. The number of hydrogen-bond donors (Lipinski definition) is 1. The van der Waals surface area contributed by atoms with Crippen molar-refractivity contribution in [2.24, 2.45) is 5.73 Å². The number of esters is 1. The summed E-state index contributed by atoms with van der Waals surface area (Å²) in [6.07, 6.45) is 6.83. The second-order valence-electron chi connectivity index (χ2n) is 4.96. The molecule has 0 spiro atoms. The number of benzene rings is 1. The molecular formula is C16H24FNO2. The molecule has 1 aromatic carbocycles. The molecule has 0 heterocycles. The van der Waals surface area contributed by atoms with E-state index < -0.39 is 12.0 Å². The lowest BCUT2D eigenvalue weighted by molar-refractivity contribution is -0.145. The van der Waals surface area contributed by atoms with E-state index in [1.54, 1.807) is 0 Å². The maximum Gasteiger partial charge on any atom is 0.327 e. The second-order valence-corrected chi connectivity index (χ2v) is 4.96. The van der Waals surface area contributed by atoms with Gasteiger partial charge in [-0.15, -0.1) is 0 Å². The van der Waals surface area contributed by atoms with Gasteiger partial charge >= 0.3 is 5.97 Å². The Kier molecular flexibility index (Phi) is 7.88. The quantitative estimate of drug-likeness (QED) is 0.554. The number of unbranched alkanes of at least 4 members (excludes halogenated alkanes) is 5. The van der Waals surface area contributed by atoms with Crippen LogP contribution >= 0.6 is 0 Å². The van der Waals surface area contributed by atoms with Crippen LogP contribution in [0.5, 0.6) is 0 Å². The van der Waals surface area contributed by atoms with E-state index in [1.165, 1.54) is 49.9 Å². The van der Waals surface area contributed by atoms with Crippen LogP contribution in [0, 0.1) is 5.82 Å². The Labute approximate surface area is 120 Å². The van der Waals surface area contributed by atoms with Crippen LogP contribution in [0.1, 0.15) is 57.1 Å². The van der Waals surface area contributed by atoms with Crippen molar-refractivity contribution in [3.8, 4) is 0 Å². The first-order valence-electron chi connectivity index (χ1n) is 7.33. The molecule has 0 aliphatic heterocycles. The molecule has 1 atom stereocenters. The van der Waals surface area contributed by atoms with Gasteiger partial charge in [0.2, 0.25) is 0 Å². The highest BCUT2D eigenvalue weighted by atomic mass is 19.1. The average molecular weight is 281 g/mol. The van der Waals surface area contributed by atoms with Crippen LogP contribution in [0.3, 0.4) is 0 Å². The summed E-state index contributed by atoms with van der Waals surface area (Å²) >= 11 is 0. The highest BCUT2D eigenvalue weighted by Gasteiger charge is 2.16. The zero-order valence-electron chi connectivity index (χ0n) is 12.1. The minimum absolute atomic E-state index is 0.346. The van der Waals surface area contributed by atoms with Crippen LogP contribution in [0.4, 0.5) is 4.39 Å². The monoisotopic (exact) mass is 281 g/mol. The zero-order valence-corrected chi connectivity index (χ0v) is 12.1. The molecule has 0 saturated carbocycles. The molecule has 0 aromatic heterocycles. The van der Waals surface area contributed by atoms with E-state index >= 15 is 0 Å². The van der Waals surface area contributed by atoms with Crippen molar-refractivity contribution in [2.75, 3.05) is 6.61 Å². The van der Waals surface area contributed by atoms with Crippen LogP contribution in [-0.2, 0) is 9.53 Å². The molecule has 0 radical (unpaired) electrons. The summed E-state index contributed by atoms with van der Waals surface area (Å²) in [6.45, 7) is 2.58. The summed E-state index contributed by atoms with van der Waals surface area (Å²) in [4.78, 5) is 11.7. The Hall–Kier alpha value is -1.42. The largest absolute Gasteiger partial charge is 0.464 e. The molecular weight excluding hydrogens is 257 g/mol. The van der Waals surface area contributed by atoms with Crippen LogP contribution in [0.25, 0.3) is 0 Å². The maximum atomic E-state index is 12.8. The van der Waals surface area contributed by atoms with Crippen LogP contribution in [0.2, 0.25) is 0 Å². The number of rotatable bonds is 9. The molecule has 112 valence electrons. The van der Waals surface area contributed by atoms with Crippen molar-refractivity contribution >= 4 is 5.97 Å². The Bertz CT molecular complexity index is 392. The predicted molar refractivity (Wildman–Crippen MR) is 77.7 cm³/mol. The minimum atomic E-state index is -0.837. The van der Waals surface area contributed by atoms with Crippen molar-refractivity contribution < 1.29 is 13.9 Å². The van der Waals surface area contributed by atoms with E-state index in [-0.39, 0.29) is 5.82 Å². The van der Waals surface area contributed by atoms with Gasteiger partial charge in [-0.2, -0.15) is 0 Å². The van der Waals surface area contributed by atoms with Gasteiger partial charge in [-0.3, -0.25) is 0 Å². The summed E-state index contributed by atoms with van der Waals surface area (Å²) < 4.78 is 17.9. The van der Waals surface area contributed by atoms with Gasteiger partial charge in [-0.25, -0.2) is 9.18 Å². The summed E-state index contributed by atoms with van der Waals surface area (Å²) in [5.41, 5.74) is 6.34. The van der Waals surface area contributed by atoms with Crippen molar-refractivity contribution in [3.05, 3.63) is 35.6 Å². The van der Waals surface area contributed by atoms with E-state index in [2.05, 4.69) is 6.92 Å². The van der Waals surface area contributed by atoms with E-state index in [0.29, 0.717) is 12.2 Å². The molecule has 3 nitrogen and oxygen atoms in total. The first kappa shape index (κ1) is 16.6. The third-order valence-electron chi connectivity index (χ3n) is 3.23. The molecule has 4 heteroatoms. The number of ether oxygens (including phenoxy) is 1. The molecule has 0 unspecified atom stereocenters. The molecule has 0 fully saturated rings. The summed E-state index contributed by atoms with van der Waals surface area (Å²) in [5, 5.41) is 0. The lowest BCUT2D eigenvalue weighted by Gasteiger charge is -2.11.